The van der Waals surface area contributed by atoms with Gasteiger partial charge in [-0.05, 0) is 41.8 Å². The van der Waals surface area contributed by atoms with E-state index < -0.39 is 16.8 Å². The first-order chi connectivity index (χ1) is 12.0. The molecule has 0 radical (unpaired) electrons. The fourth-order valence-electron chi connectivity index (χ4n) is 2.18. The Morgan fingerprint density at radius 3 is 1.84 bits per heavy atom. The number of rotatable bonds is 8. The fraction of sp³-hybridized carbons (Fsp3) is 0.263. The SMILES string of the molecule is CCCOC(=O)c1ccc(CS(=O)Cc2ccc(C(=O)O)cc2)cc1. The Labute approximate surface area is 149 Å². The zero-order chi connectivity index (χ0) is 18.2. The molecule has 0 aliphatic heterocycles. The predicted octanol–water partition coefficient (Wildman–Crippen LogP) is 3.40. The lowest BCUT2D eigenvalue weighted by Gasteiger charge is -2.06. The van der Waals surface area contributed by atoms with Gasteiger partial charge in [-0.3, -0.25) is 4.21 Å². The van der Waals surface area contributed by atoms with E-state index in [4.69, 9.17) is 9.84 Å². The molecule has 0 aliphatic rings. The minimum absolute atomic E-state index is 0.208. The summed E-state index contributed by atoms with van der Waals surface area (Å²) in [6.45, 7) is 2.33. The largest absolute Gasteiger partial charge is 0.478 e. The number of carbonyl (C=O) groups is 2. The smallest absolute Gasteiger partial charge is 0.338 e. The van der Waals surface area contributed by atoms with Crippen molar-refractivity contribution < 1.29 is 23.6 Å². The third-order valence-corrected chi connectivity index (χ3v) is 4.79. The van der Waals surface area contributed by atoms with Crippen molar-refractivity contribution in [3.8, 4) is 0 Å². The summed E-state index contributed by atoms with van der Waals surface area (Å²) in [6, 6.07) is 13.2. The molecule has 1 unspecified atom stereocenters. The molecule has 5 nitrogen and oxygen atoms in total. The summed E-state index contributed by atoms with van der Waals surface area (Å²) in [5.74, 6) is -0.621. The zero-order valence-corrected chi connectivity index (χ0v) is 14.8. The number of carbonyl (C=O) groups excluding carboxylic acids is 1. The highest BCUT2D eigenvalue weighted by Crippen LogP contribution is 2.12. The Kier molecular flexibility index (Phi) is 6.89. The van der Waals surface area contributed by atoms with Crippen molar-refractivity contribution in [1.29, 1.82) is 0 Å². The van der Waals surface area contributed by atoms with Crippen LogP contribution in [0.1, 0.15) is 45.2 Å². The number of hydrogen-bond acceptors (Lipinski definition) is 4. The minimum Gasteiger partial charge on any atom is -0.478 e. The number of aromatic carboxylic acids is 1. The zero-order valence-electron chi connectivity index (χ0n) is 13.9. The second-order valence-corrected chi connectivity index (χ2v) is 7.02. The summed E-state index contributed by atoms with van der Waals surface area (Å²) >= 11 is 0. The first-order valence-electron chi connectivity index (χ1n) is 7.93. The van der Waals surface area contributed by atoms with Gasteiger partial charge in [-0.25, -0.2) is 9.59 Å². The molecule has 25 heavy (non-hydrogen) atoms. The summed E-state index contributed by atoms with van der Waals surface area (Å²) in [4.78, 5) is 22.5. The maximum Gasteiger partial charge on any atom is 0.338 e. The Bertz CT molecular complexity index is 750. The van der Waals surface area contributed by atoms with Gasteiger partial charge in [0.1, 0.15) is 0 Å². The molecular formula is C19H20O5S. The average Bonchev–Trinajstić information content (AvgIpc) is 2.60. The van der Waals surface area contributed by atoms with Gasteiger partial charge >= 0.3 is 11.9 Å². The number of ether oxygens (including phenoxy) is 1. The number of hydrogen-bond donors (Lipinski definition) is 1. The first-order valence-corrected chi connectivity index (χ1v) is 9.41. The number of esters is 1. The number of carboxylic acid groups (broad SMARTS) is 1. The molecule has 6 heteroatoms. The van der Waals surface area contributed by atoms with E-state index in [-0.39, 0.29) is 11.5 Å². The first kappa shape index (κ1) is 18.9. The van der Waals surface area contributed by atoms with Crippen LogP contribution in [0.5, 0.6) is 0 Å². The predicted molar refractivity (Wildman–Crippen MR) is 96.0 cm³/mol. The molecule has 1 N–H and O–H groups in total. The highest BCUT2D eigenvalue weighted by atomic mass is 32.2. The van der Waals surface area contributed by atoms with Crippen LogP contribution in [0, 0.1) is 0 Å². The molecule has 0 amide bonds. The van der Waals surface area contributed by atoms with E-state index in [1.54, 1.807) is 36.4 Å². The van der Waals surface area contributed by atoms with Crippen LogP contribution in [0.25, 0.3) is 0 Å². The third-order valence-electron chi connectivity index (χ3n) is 3.48. The van der Waals surface area contributed by atoms with E-state index in [1.165, 1.54) is 12.1 Å². The lowest BCUT2D eigenvalue weighted by Crippen LogP contribution is -2.06. The highest BCUT2D eigenvalue weighted by molar-refractivity contribution is 7.83. The second kappa shape index (κ2) is 9.13. The van der Waals surface area contributed by atoms with Gasteiger partial charge in [0.15, 0.2) is 0 Å². The van der Waals surface area contributed by atoms with Crippen molar-refractivity contribution in [3.05, 3.63) is 70.8 Å². The Balaban J connectivity index is 1.91. The summed E-state index contributed by atoms with van der Waals surface area (Å²) in [5, 5.41) is 8.87. The molecule has 0 fully saturated rings. The van der Waals surface area contributed by atoms with Gasteiger partial charge in [0.05, 0.1) is 17.7 Å². The van der Waals surface area contributed by atoms with Gasteiger partial charge in [0, 0.05) is 22.3 Å². The van der Waals surface area contributed by atoms with Crippen LogP contribution in [-0.2, 0) is 27.0 Å². The molecular weight excluding hydrogens is 340 g/mol. The second-order valence-electron chi connectivity index (χ2n) is 5.56. The van der Waals surface area contributed by atoms with Crippen LogP contribution in [0.3, 0.4) is 0 Å². The Morgan fingerprint density at radius 1 is 0.920 bits per heavy atom. The van der Waals surface area contributed by atoms with Crippen molar-refractivity contribution in [1.82, 2.24) is 0 Å². The molecule has 0 spiro atoms. The summed E-state index contributed by atoms with van der Waals surface area (Å²) in [6.07, 6.45) is 0.774. The maximum atomic E-state index is 12.3. The average molecular weight is 360 g/mol. The van der Waals surface area contributed by atoms with E-state index in [1.807, 2.05) is 6.92 Å². The van der Waals surface area contributed by atoms with Gasteiger partial charge in [-0.15, -0.1) is 0 Å². The molecule has 0 saturated carbocycles. The lowest BCUT2D eigenvalue weighted by molar-refractivity contribution is 0.0504. The van der Waals surface area contributed by atoms with E-state index >= 15 is 0 Å². The lowest BCUT2D eigenvalue weighted by atomic mass is 10.1. The van der Waals surface area contributed by atoms with Gasteiger partial charge in [0.2, 0.25) is 0 Å². The molecule has 0 aliphatic carbocycles. The number of carboxylic acids is 1. The quantitative estimate of drug-likeness (QED) is 0.730. The normalized spacial score (nSPS) is 11.7. The van der Waals surface area contributed by atoms with E-state index in [0.29, 0.717) is 23.7 Å². The van der Waals surface area contributed by atoms with E-state index in [9.17, 15) is 13.8 Å². The topological polar surface area (TPSA) is 80.7 Å². The molecule has 132 valence electrons. The van der Waals surface area contributed by atoms with Crippen molar-refractivity contribution >= 4 is 22.7 Å². The summed E-state index contributed by atoms with van der Waals surface area (Å²) < 4.78 is 17.3. The molecule has 2 aromatic rings. The highest BCUT2D eigenvalue weighted by Gasteiger charge is 2.09. The summed E-state index contributed by atoms with van der Waals surface area (Å²) in [5.41, 5.74) is 2.38. The fourth-order valence-corrected chi connectivity index (χ4v) is 3.41. The van der Waals surface area contributed by atoms with Gasteiger partial charge < -0.3 is 9.84 Å². The number of benzene rings is 2. The maximum absolute atomic E-state index is 12.3. The Morgan fingerprint density at radius 2 is 1.40 bits per heavy atom. The van der Waals surface area contributed by atoms with Crippen LogP contribution in [0.4, 0.5) is 0 Å². The molecule has 0 aromatic heterocycles. The molecule has 0 bridgehead atoms. The van der Waals surface area contributed by atoms with Crippen molar-refractivity contribution in [2.45, 2.75) is 24.9 Å². The van der Waals surface area contributed by atoms with Crippen LogP contribution < -0.4 is 0 Å². The van der Waals surface area contributed by atoms with Crippen LogP contribution in [0.15, 0.2) is 48.5 Å². The van der Waals surface area contributed by atoms with E-state index in [2.05, 4.69) is 0 Å². The van der Waals surface area contributed by atoms with Crippen molar-refractivity contribution in [3.63, 3.8) is 0 Å². The molecule has 0 heterocycles. The standard InChI is InChI=1S/C19H20O5S/c1-2-11-24-19(22)17-9-5-15(6-10-17)13-25(23)12-14-3-7-16(8-4-14)18(20)21/h3-10H,2,11-13H2,1H3,(H,20,21). The summed E-state index contributed by atoms with van der Waals surface area (Å²) in [7, 11) is -1.13. The minimum atomic E-state index is -1.13. The molecule has 0 saturated heterocycles. The molecule has 2 aromatic carbocycles. The van der Waals surface area contributed by atoms with Crippen LogP contribution in [-0.4, -0.2) is 27.9 Å². The van der Waals surface area contributed by atoms with Crippen molar-refractivity contribution in [2.75, 3.05) is 6.61 Å². The van der Waals surface area contributed by atoms with Gasteiger partial charge in [0.25, 0.3) is 0 Å². The monoisotopic (exact) mass is 360 g/mol. The van der Waals surface area contributed by atoms with Gasteiger partial charge in [-0.2, -0.15) is 0 Å². The molecule has 2 rings (SSSR count). The molecule has 1 atom stereocenters. The van der Waals surface area contributed by atoms with Crippen LogP contribution in [0.2, 0.25) is 0 Å². The van der Waals surface area contributed by atoms with Gasteiger partial charge in [-0.1, -0.05) is 31.2 Å². The Hall–Kier alpha value is -2.47. The third kappa shape index (κ3) is 5.83. The van der Waals surface area contributed by atoms with E-state index in [0.717, 1.165) is 17.5 Å². The van der Waals surface area contributed by atoms with Crippen LogP contribution >= 0.6 is 0 Å². The van der Waals surface area contributed by atoms with Crippen molar-refractivity contribution in [2.24, 2.45) is 0 Å².